The average molecular weight is 431 g/mol. The van der Waals surface area contributed by atoms with Crippen LogP contribution in [0.25, 0.3) is 28.0 Å². The van der Waals surface area contributed by atoms with Crippen LogP contribution in [0.4, 0.5) is 10.2 Å². The first-order valence-corrected chi connectivity index (χ1v) is 9.73. The fourth-order valence-corrected chi connectivity index (χ4v) is 3.48. The first kappa shape index (κ1) is 19.5. The molecule has 4 aromatic heterocycles. The van der Waals surface area contributed by atoms with Crippen LogP contribution in [0.1, 0.15) is 18.7 Å². The number of anilines is 1. The molecular formula is C21H18FN9O. The fraction of sp³-hybridized carbons (Fsp3) is 0.143. The maximum absolute atomic E-state index is 14.2. The molecule has 1 aromatic carbocycles. The molecule has 160 valence electrons. The summed E-state index contributed by atoms with van der Waals surface area (Å²) in [7, 11) is 1.54. The number of rotatable bonds is 5. The lowest BCUT2D eigenvalue weighted by Crippen LogP contribution is -2.10. The Morgan fingerprint density at radius 1 is 1.12 bits per heavy atom. The second kappa shape index (κ2) is 7.69. The topological polar surface area (TPSA) is 122 Å². The van der Waals surface area contributed by atoms with Crippen molar-refractivity contribution < 1.29 is 9.13 Å². The first-order valence-electron chi connectivity index (χ1n) is 9.73. The Kier molecular flexibility index (Phi) is 4.70. The molecule has 0 fully saturated rings. The van der Waals surface area contributed by atoms with Crippen molar-refractivity contribution in [3.8, 4) is 22.8 Å². The van der Waals surface area contributed by atoms with Crippen LogP contribution in [0.3, 0.4) is 0 Å². The first-order chi connectivity index (χ1) is 15.6. The largest absolute Gasteiger partial charge is 0.481 e. The van der Waals surface area contributed by atoms with Crippen molar-refractivity contribution in [3.05, 3.63) is 66.6 Å². The number of aromatic nitrogens is 8. The molecule has 0 aliphatic carbocycles. The predicted octanol–water partition coefficient (Wildman–Crippen LogP) is 2.81. The van der Waals surface area contributed by atoms with E-state index in [1.807, 2.05) is 6.92 Å². The Hall–Kier alpha value is -4.41. The third-order valence-electron chi connectivity index (χ3n) is 5.14. The van der Waals surface area contributed by atoms with E-state index in [0.717, 1.165) is 5.56 Å². The van der Waals surface area contributed by atoms with E-state index in [2.05, 4.69) is 25.3 Å². The highest BCUT2D eigenvalue weighted by atomic mass is 19.1. The number of halogens is 1. The van der Waals surface area contributed by atoms with Gasteiger partial charge in [-0.25, -0.2) is 28.7 Å². The molecule has 0 spiro atoms. The second-order valence-corrected chi connectivity index (χ2v) is 7.05. The van der Waals surface area contributed by atoms with Gasteiger partial charge in [0.05, 0.1) is 24.7 Å². The molecule has 0 amide bonds. The highest BCUT2D eigenvalue weighted by Crippen LogP contribution is 2.33. The summed E-state index contributed by atoms with van der Waals surface area (Å²) in [5, 5.41) is 13.7. The molecule has 0 aliphatic rings. The third kappa shape index (κ3) is 3.20. The number of methoxy groups -OCH3 is 1. The number of para-hydroxylation sites is 1. The Labute approximate surface area is 181 Å². The number of hydrogen-bond acceptors (Lipinski definition) is 8. The summed E-state index contributed by atoms with van der Waals surface area (Å²) in [4.78, 5) is 12.7. The SMILES string of the molecule is COc1cc(-c2nn(C(C)c3cn(-c4ccccc4F)nn3)c3ncnc(N)c23)ccn1. The molecule has 4 heterocycles. The summed E-state index contributed by atoms with van der Waals surface area (Å²) in [6.07, 6.45) is 4.67. The molecule has 0 radical (unpaired) electrons. The molecule has 0 aliphatic heterocycles. The zero-order valence-corrected chi connectivity index (χ0v) is 17.2. The lowest BCUT2D eigenvalue weighted by molar-refractivity contribution is 0.398. The van der Waals surface area contributed by atoms with E-state index in [9.17, 15) is 4.39 Å². The molecule has 1 unspecified atom stereocenters. The van der Waals surface area contributed by atoms with E-state index in [1.165, 1.54) is 17.1 Å². The van der Waals surface area contributed by atoms with Crippen molar-refractivity contribution in [2.75, 3.05) is 12.8 Å². The van der Waals surface area contributed by atoms with Gasteiger partial charge in [-0.2, -0.15) is 5.10 Å². The molecule has 0 saturated carbocycles. The van der Waals surface area contributed by atoms with Gasteiger partial charge in [-0.05, 0) is 25.1 Å². The van der Waals surface area contributed by atoms with Crippen molar-refractivity contribution in [1.29, 1.82) is 0 Å². The van der Waals surface area contributed by atoms with E-state index >= 15 is 0 Å². The lowest BCUT2D eigenvalue weighted by Gasteiger charge is -2.09. The Morgan fingerprint density at radius 2 is 1.97 bits per heavy atom. The minimum absolute atomic E-state index is 0.300. The van der Waals surface area contributed by atoms with Crippen molar-refractivity contribution in [1.82, 2.24) is 39.7 Å². The van der Waals surface area contributed by atoms with Crippen LogP contribution in [0.15, 0.2) is 55.1 Å². The standard InChI is InChI=1S/C21H18FN9O/c1-12(15-10-30(29-27-15)16-6-4-3-5-14(16)22)31-21-18(20(23)25-11-26-21)19(28-31)13-7-8-24-17(9-13)32-2/h3-12H,1-2H3,(H2,23,25,26). The van der Waals surface area contributed by atoms with Gasteiger partial charge >= 0.3 is 0 Å². The molecule has 10 nitrogen and oxygen atoms in total. The Bertz CT molecular complexity index is 1430. The number of ether oxygens (including phenoxy) is 1. The van der Waals surface area contributed by atoms with Crippen LogP contribution in [-0.2, 0) is 0 Å². The van der Waals surface area contributed by atoms with Crippen LogP contribution < -0.4 is 10.5 Å². The molecule has 1 atom stereocenters. The van der Waals surface area contributed by atoms with Crippen molar-refractivity contribution >= 4 is 16.9 Å². The van der Waals surface area contributed by atoms with Gasteiger partial charge in [0.25, 0.3) is 0 Å². The molecule has 5 rings (SSSR count). The maximum Gasteiger partial charge on any atom is 0.213 e. The minimum atomic E-state index is -0.393. The van der Waals surface area contributed by atoms with E-state index in [1.54, 1.807) is 54.5 Å². The molecular weight excluding hydrogens is 413 g/mol. The quantitative estimate of drug-likeness (QED) is 0.451. The number of nitrogens with zero attached hydrogens (tertiary/aromatic N) is 8. The number of nitrogens with two attached hydrogens (primary N) is 1. The summed E-state index contributed by atoms with van der Waals surface area (Å²) >= 11 is 0. The van der Waals surface area contributed by atoms with E-state index in [0.29, 0.717) is 39.8 Å². The zero-order valence-electron chi connectivity index (χ0n) is 17.2. The summed E-state index contributed by atoms with van der Waals surface area (Å²) in [6, 6.07) is 9.55. The van der Waals surface area contributed by atoms with Crippen LogP contribution in [-0.4, -0.2) is 46.8 Å². The van der Waals surface area contributed by atoms with Gasteiger partial charge in [0, 0.05) is 17.8 Å². The van der Waals surface area contributed by atoms with Gasteiger partial charge in [0.2, 0.25) is 5.88 Å². The molecule has 32 heavy (non-hydrogen) atoms. The number of fused-ring (bicyclic) bond motifs is 1. The second-order valence-electron chi connectivity index (χ2n) is 7.05. The maximum atomic E-state index is 14.2. The van der Waals surface area contributed by atoms with Crippen LogP contribution in [0.2, 0.25) is 0 Å². The number of pyridine rings is 1. The van der Waals surface area contributed by atoms with Crippen molar-refractivity contribution in [2.24, 2.45) is 0 Å². The number of nitrogen functional groups attached to an aromatic ring is 1. The molecule has 11 heteroatoms. The fourth-order valence-electron chi connectivity index (χ4n) is 3.48. The van der Waals surface area contributed by atoms with Crippen molar-refractivity contribution in [2.45, 2.75) is 13.0 Å². The highest BCUT2D eigenvalue weighted by molar-refractivity contribution is 5.98. The monoisotopic (exact) mass is 431 g/mol. The average Bonchev–Trinajstić information content (AvgIpc) is 3.45. The van der Waals surface area contributed by atoms with E-state index in [4.69, 9.17) is 15.6 Å². The van der Waals surface area contributed by atoms with Crippen LogP contribution >= 0.6 is 0 Å². The van der Waals surface area contributed by atoms with Gasteiger partial charge in [-0.1, -0.05) is 17.3 Å². The predicted molar refractivity (Wildman–Crippen MR) is 115 cm³/mol. The van der Waals surface area contributed by atoms with Gasteiger partial charge in [-0.3, -0.25) is 0 Å². The smallest absolute Gasteiger partial charge is 0.213 e. The van der Waals surface area contributed by atoms with E-state index in [-0.39, 0.29) is 6.04 Å². The molecule has 2 N–H and O–H groups in total. The summed E-state index contributed by atoms with van der Waals surface area (Å²) in [5.74, 6) is 0.353. The Morgan fingerprint density at radius 3 is 2.78 bits per heavy atom. The lowest BCUT2D eigenvalue weighted by atomic mass is 10.1. The van der Waals surface area contributed by atoms with Crippen LogP contribution in [0.5, 0.6) is 5.88 Å². The van der Waals surface area contributed by atoms with Crippen molar-refractivity contribution in [3.63, 3.8) is 0 Å². The van der Waals surface area contributed by atoms with Gasteiger partial charge in [0.1, 0.15) is 35.0 Å². The van der Waals surface area contributed by atoms with Gasteiger partial charge in [0.15, 0.2) is 5.65 Å². The van der Waals surface area contributed by atoms with Crippen LogP contribution in [0, 0.1) is 5.82 Å². The van der Waals surface area contributed by atoms with E-state index < -0.39 is 5.82 Å². The van der Waals surface area contributed by atoms with Gasteiger partial charge < -0.3 is 10.5 Å². The van der Waals surface area contributed by atoms with Gasteiger partial charge in [-0.15, -0.1) is 5.10 Å². The molecule has 5 aromatic rings. The Balaban J connectivity index is 1.62. The molecule has 0 bridgehead atoms. The minimum Gasteiger partial charge on any atom is -0.481 e. The number of benzene rings is 1. The normalized spacial score (nSPS) is 12.2. The highest BCUT2D eigenvalue weighted by Gasteiger charge is 2.23. The molecule has 0 saturated heterocycles. The zero-order chi connectivity index (χ0) is 22.2. The summed E-state index contributed by atoms with van der Waals surface area (Å²) in [6.45, 7) is 1.90. The summed E-state index contributed by atoms with van der Waals surface area (Å²) in [5.41, 5.74) is 8.95. The summed E-state index contributed by atoms with van der Waals surface area (Å²) < 4.78 is 22.5. The number of hydrogen-bond donors (Lipinski definition) is 1. The third-order valence-corrected chi connectivity index (χ3v) is 5.14.